The Morgan fingerprint density at radius 1 is 1.04 bits per heavy atom. The molecule has 0 spiro atoms. The molecule has 0 aliphatic heterocycles. The number of furan rings is 1. The summed E-state index contributed by atoms with van der Waals surface area (Å²) >= 11 is 0. The van der Waals surface area contributed by atoms with Gasteiger partial charge < -0.3 is 14.5 Å². The quantitative estimate of drug-likeness (QED) is 0.687. The minimum atomic E-state index is -0.287. The zero-order chi connectivity index (χ0) is 18.4. The molecule has 1 amide bonds. The van der Waals surface area contributed by atoms with Crippen molar-refractivity contribution in [3.63, 3.8) is 0 Å². The second-order valence-corrected chi connectivity index (χ2v) is 5.90. The molecular formula is C21H20FNO3. The summed E-state index contributed by atoms with van der Waals surface area (Å²) in [5.74, 6) is 1.77. The molecule has 3 rings (SSSR count). The molecule has 1 aromatic heterocycles. The highest BCUT2D eigenvalue weighted by molar-refractivity contribution is 5.76. The second kappa shape index (κ2) is 8.34. The van der Waals surface area contributed by atoms with E-state index in [-0.39, 0.29) is 11.7 Å². The fraction of sp³-hybridized carbons (Fsp3) is 0.190. The van der Waals surface area contributed by atoms with Crippen LogP contribution in [0.4, 0.5) is 4.39 Å². The maximum absolute atomic E-state index is 13.0. The number of carbonyl (C=O) groups is 1. The highest BCUT2D eigenvalue weighted by atomic mass is 19.1. The van der Waals surface area contributed by atoms with Crippen LogP contribution in [0.15, 0.2) is 65.1 Å². The van der Waals surface area contributed by atoms with Crippen LogP contribution in [-0.4, -0.2) is 13.0 Å². The van der Waals surface area contributed by atoms with Crippen LogP contribution in [0.25, 0.3) is 11.3 Å². The van der Waals surface area contributed by atoms with Crippen molar-refractivity contribution in [2.24, 2.45) is 0 Å². The Balaban J connectivity index is 1.47. The molecule has 0 atom stereocenters. The maximum Gasteiger partial charge on any atom is 0.220 e. The van der Waals surface area contributed by atoms with Crippen molar-refractivity contribution in [2.45, 2.75) is 19.4 Å². The lowest BCUT2D eigenvalue weighted by molar-refractivity contribution is -0.121. The molecule has 2 aromatic carbocycles. The smallest absolute Gasteiger partial charge is 0.220 e. The number of rotatable bonds is 7. The fourth-order valence-corrected chi connectivity index (χ4v) is 2.57. The Hall–Kier alpha value is -3.08. The average molecular weight is 353 g/mol. The Kier molecular flexibility index (Phi) is 5.69. The lowest BCUT2D eigenvalue weighted by Gasteiger charge is -2.05. The first-order valence-corrected chi connectivity index (χ1v) is 8.38. The van der Waals surface area contributed by atoms with Gasteiger partial charge in [0, 0.05) is 12.0 Å². The highest BCUT2D eigenvalue weighted by Crippen LogP contribution is 2.22. The molecular weight excluding hydrogens is 333 g/mol. The van der Waals surface area contributed by atoms with Gasteiger partial charge in [-0.2, -0.15) is 0 Å². The molecule has 5 heteroatoms. The van der Waals surface area contributed by atoms with Gasteiger partial charge in [0.25, 0.3) is 0 Å². The minimum absolute atomic E-state index is 0.0412. The van der Waals surface area contributed by atoms with Gasteiger partial charge in [-0.3, -0.25) is 4.79 Å². The molecule has 0 fully saturated rings. The first kappa shape index (κ1) is 17.7. The number of benzene rings is 2. The summed E-state index contributed by atoms with van der Waals surface area (Å²) in [6, 6.07) is 17.4. The molecule has 0 unspecified atom stereocenters. The third-order valence-corrected chi connectivity index (χ3v) is 4.05. The lowest BCUT2D eigenvalue weighted by atomic mass is 10.1. The number of methoxy groups -OCH3 is 1. The van der Waals surface area contributed by atoms with Crippen LogP contribution in [0.1, 0.15) is 17.7 Å². The van der Waals surface area contributed by atoms with Crippen molar-refractivity contribution in [2.75, 3.05) is 7.11 Å². The Morgan fingerprint density at radius 3 is 2.46 bits per heavy atom. The van der Waals surface area contributed by atoms with Crippen molar-refractivity contribution in [1.82, 2.24) is 5.32 Å². The predicted molar refractivity (Wildman–Crippen MR) is 97.3 cm³/mol. The van der Waals surface area contributed by atoms with Gasteiger partial charge in [0.05, 0.1) is 13.7 Å². The van der Waals surface area contributed by atoms with Crippen molar-refractivity contribution in [1.29, 1.82) is 0 Å². The number of nitrogens with one attached hydrogen (secondary N) is 1. The van der Waals surface area contributed by atoms with E-state index in [1.807, 2.05) is 36.4 Å². The molecule has 134 valence electrons. The monoisotopic (exact) mass is 353 g/mol. The molecule has 0 aliphatic carbocycles. The summed E-state index contributed by atoms with van der Waals surface area (Å²) < 4.78 is 23.8. The van der Waals surface area contributed by atoms with E-state index in [0.717, 1.165) is 16.9 Å². The highest BCUT2D eigenvalue weighted by Gasteiger charge is 2.07. The van der Waals surface area contributed by atoms with Crippen molar-refractivity contribution >= 4 is 5.91 Å². The normalized spacial score (nSPS) is 10.5. The third kappa shape index (κ3) is 4.72. The van der Waals surface area contributed by atoms with Crippen LogP contribution in [0.3, 0.4) is 0 Å². The Bertz CT molecular complexity index is 854. The van der Waals surface area contributed by atoms with Crippen LogP contribution in [0, 0.1) is 5.82 Å². The lowest BCUT2D eigenvalue weighted by Crippen LogP contribution is -2.22. The van der Waals surface area contributed by atoms with Gasteiger partial charge in [0.15, 0.2) is 0 Å². The van der Waals surface area contributed by atoms with Gasteiger partial charge in [-0.1, -0.05) is 12.1 Å². The van der Waals surface area contributed by atoms with Crippen molar-refractivity contribution < 1.29 is 18.3 Å². The Morgan fingerprint density at radius 2 is 1.77 bits per heavy atom. The number of amides is 1. The van der Waals surface area contributed by atoms with E-state index in [0.29, 0.717) is 30.9 Å². The molecule has 0 aliphatic rings. The van der Waals surface area contributed by atoms with Gasteiger partial charge in [-0.15, -0.1) is 0 Å². The molecule has 0 bridgehead atoms. The molecule has 1 N–H and O–H groups in total. The third-order valence-electron chi connectivity index (χ3n) is 4.05. The SMILES string of the molecule is COc1ccc(CCC(=O)NCc2ccc(-c3ccc(F)cc3)o2)cc1. The zero-order valence-corrected chi connectivity index (χ0v) is 14.5. The molecule has 26 heavy (non-hydrogen) atoms. The van der Waals surface area contributed by atoms with Crippen LogP contribution in [-0.2, 0) is 17.8 Å². The van der Waals surface area contributed by atoms with Crippen LogP contribution < -0.4 is 10.1 Å². The number of hydrogen-bond acceptors (Lipinski definition) is 3. The Labute approximate surface area is 151 Å². The summed E-state index contributed by atoms with van der Waals surface area (Å²) in [6.45, 7) is 0.322. The van der Waals surface area contributed by atoms with Crippen molar-refractivity contribution in [3.05, 3.63) is 77.8 Å². The first-order chi connectivity index (χ1) is 12.6. The number of halogens is 1. The molecule has 3 aromatic rings. The van der Waals surface area contributed by atoms with E-state index in [9.17, 15) is 9.18 Å². The van der Waals surface area contributed by atoms with Gasteiger partial charge in [0.1, 0.15) is 23.1 Å². The first-order valence-electron chi connectivity index (χ1n) is 8.38. The number of carbonyl (C=O) groups excluding carboxylic acids is 1. The summed E-state index contributed by atoms with van der Waals surface area (Å²) in [5, 5.41) is 2.85. The summed E-state index contributed by atoms with van der Waals surface area (Å²) in [7, 11) is 1.62. The van der Waals surface area contributed by atoms with Crippen LogP contribution in [0.2, 0.25) is 0 Å². The topological polar surface area (TPSA) is 51.5 Å². The van der Waals surface area contributed by atoms with E-state index in [1.54, 1.807) is 19.2 Å². The number of aryl methyl sites for hydroxylation is 1. The molecule has 0 radical (unpaired) electrons. The molecule has 0 saturated carbocycles. The zero-order valence-electron chi connectivity index (χ0n) is 14.5. The van der Waals surface area contributed by atoms with Crippen molar-refractivity contribution in [3.8, 4) is 17.1 Å². The summed E-state index contributed by atoms with van der Waals surface area (Å²) in [5.41, 5.74) is 1.88. The van der Waals surface area contributed by atoms with Gasteiger partial charge >= 0.3 is 0 Å². The number of hydrogen-bond donors (Lipinski definition) is 1. The van der Waals surface area contributed by atoms with E-state index in [1.165, 1.54) is 12.1 Å². The largest absolute Gasteiger partial charge is 0.497 e. The van der Waals surface area contributed by atoms with E-state index in [2.05, 4.69) is 5.32 Å². The molecule has 4 nitrogen and oxygen atoms in total. The minimum Gasteiger partial charge on any atom is -0.497 e. The second-order valence-electron chi connectivity index (χ2n) is 5.90. The predicted octanol–water partition coefficient (Wildman–Crippen LogP) is 4.34. The fourth-order valence-electron chi connectivity index (χ4n) is 2.57. The standard InChI is InChI=1S/C21H20FNO3/c1-25-18-9-2-15(3-10-18)4-13-21(24)23-14-19-11-12-20(26-19)16-5-7-17(22)8-6-16/h2-3,5-12H,4,13-14H2,1H3,(H,23,24). The van der Waals surface area contributed by atoms with Gasteiger partial charge in [-0.25, -0.2) is 4.39 Å². The van der Waals surface area contributed by atoms with Gasteiger partial charge in [0.2, 0.25) is 5.91 Å². The van der Waals surface area contributed by atoms with Gasteiger partial charge in [-0.05, 0) is 60.5 Å². The van der Waals surface area contributed by atoms with E-state index >= 15 is 0 Å². The summed E-state index contributed by atoms with van der Waals surface area (Å²) in [4.78, 5) is 12.0. The maximum atomic E-state index is 13.0. The van der Waals surface area contributed by atoms with Crippen LogP contribution >= 0.6 is 0 Å². The average Bonchev–Trinajstić information content (AvgIpc) is 3.14. The number of ether oxygens (including phenoxy) is 1. The van der Waals surface area contributed by atoms with E-state index < -0.39 is 0 Å². The molecule has 0 saturated heterocycles. The van der Waals surface area contributed by atoms with E-state index in [4.69, 9.17) is 9.15 Å². The van der Waals surface area contributed by atoms with Crippen LogP contribution in [0.5, 0.6) is 5.75 Å². The molecule has 1 heterocycles. The summed E-state index contributed by atoms with van der Waals surface area (Å²) in [6.07, 6.45) is 1.06.